The topological polar surface area (TPSA) is 134 Å². The minimum atomic E-state index is -0.199. The second kappa shape index (κ2) is 8.84. The van der Waals surface area contributed by atoms with Crippen molar-refractivity contribution in [3.8, 4) is 39.8 Å². The Bertz CT molecular complexity index is 1580. The average molecular weight is 517 g/mol. The fourth-order valence-electron chi connectivity index (χ4n) is 4.81. The number of nitrogen functional groups attached to an aromatic ring is 1. The van der Waals surface area contributed by atoms with Gasteiger partial charge in [-0.2, -0.15) is 4.98 Å². The Morgan fingerprint density at radius 2 is 1.65 bits per heavy atom. The first-order valence-electron chi connectivity index (χ1n) is 11.9. The second-order valence-corrected chi connectivity index (χ2v) is 9.39. The number of nitrogens with zero attached hydrogens (tertiary/aromatic N) is 4. The van der Waals surface area contributed by atoms with Crippen molar-refractivity contribution in [2.45, 2.75) is 24.7 Å². The van der Waals surface area contributed by atoms with Crippen molar-refractivity contribution >= 4 is 28.8 Å². The Morgan fingerprint density at radius 3 is 2.38 bits per heavy atom. The Labute approximate surface area is 215 Å². The number of imidazole rings is 1. The van der Waals surface area contributed by atoms with E-state index in [2.05, 4.69) is 20.2 Å². The zero-order chi connectivity index (χ0) is 24.9. The second-order valence-electron chi connectivity index (χ2n) is 8.98. The molecule has 3 unspecified atom stereocenters. The third-order valence-electron chi connectivity index (χ3n) is 6.65. The standard InChI is InChI=1S/C26H21ClN6O4/c27-17-11-18-23(31-26(29-18)36-20-12-35-19-9-10-34-22(19)20)30-21(17)15-5-1-13(2-6-15)14-3-7-16(8-4-14)24-32-33-25(28)37-24/h1-8,11,19-20,22H,9-10,12H2,(H2,28,33)(H,29,30,31). The van der Waals surface area contributed by atoms with Crippen molar-refractivity contribution in [1.82, 2.24) is 25.1 Å². The van der Waals surface area contributed by atoms with Crippen LogP contribution in [0.2, 0.25) is 5.02 Å². The summed E-state index contributed by atoms with van der Waals surface area (Å²) < 4.78 is 22.8. The van der Waals surface area contributed by atoms with Gasteiger partial charge in [0.25, 0.3) is 6.01 Å². The summed E-state index contributed by atoms with van der Waals surface area (Å²) in [5.41, 5.74) is 11.1. The number of rotatable bonds is 5. The molecule has 2 aliphatic rings. The van der Waals surface area contributed by atoms with Gasteiger partial charge in [-0.05, 0) is 35.7 Å². The summed E-state index contributed by atoms with van der Waals surface area (Å²) in [6, 6.07) is 18.1. The highest BCUT2D eigenvalue weighted by atomic mass is 35.5. The lowest BCUT2D eigenvalue weighted by molar-refractivity contribution is 0.0273. The van der Waals surface area contributed by atoms with Crippen LogP contribution in [0.25, 0.3) is 45.0 Å². The summed E-state index contributed by atoms with van der Waals surface area (Å²) in [7, 11) is 0. The maximum atomic E-state index is 6.60. The van der Waals surface area contributed by atoms with E-state index in [0.717, 1.165) is 28.7 Å². The molecular weight excluding hydrogens is 496 g/mol. The number of aromatic nitrogens is 5. The average Bonchev–Trinajstić information content (AvgIpc) is 3.70. The van der Waals surface area contributed by atoms with E-state index in [0.29, 0.717) is 47.0 Å². The van der Waals surface area contributed by atoms with Gasteiger partial charge < -0.3 is 29.3 Å². The summed E-state index contributed by atoms with van der Waals surface area (Å²) in [6.07, 6.45) is 0.729. The van der Waals surface area contributed by atoms with Crippen LogP contribution in [0, 0.1) is 0 Å². The maximum Gasteiger partial charge on any atom is 0.313 e. The molecule has 2 aromatic carbocycles. The van der Waals surface area contributed by atoms with Gasteiger partial charge in [-0.1, -0.05) is 53.1 Å². The minimum Gasteiger partial charge on any atom is -0.456 e. The highest BCUT2D eigenvalue weighted by molar-refractivity contribution is 6.33. The molecule has 0 aliphatic carbocycles. The van der Waals surface area contributed by atoms with Gasteiger partial charge >= 0.3 is 6.01 Å². The van der Waals surface area contributed by atoms with Gasteiger partial charge in [0.1, 0.15) is 6.10 Å². The lowest BCUT2D eigenvalue weighted by Crippen LogP contribution is -2.32. The highest BCUT2D eigenvalue weighted by Crippen LogP contribution is 2.33. The number of hydrogen-bond donors (Lipinski definition) is 2. The molecule has 186 valence electrons. The van der Waals surface area contributed by atoms with E-state index < -0.39 is 0 Å². The molecule has 5 aromatic rings. The molecule has 0 radical (unpaired) electrons. The van der Waals surface area contributed by atoms with Crippen LogP contribution in [0.3, 0.4) is 0 Å². The molecule has 11 heteroatoms. The number of ether oxygens (including phenoxy) is 3. The molecule has 3 aromatic heterocycles. The minimum absolute atomic E-state index is 0.0407. The van der Waals surface area contributed by atoms with Gasteiger partial charge in [0.15, 0.2) is 11.8 Å². The van der Waals surface area contributed by atoms with E-state index in [9.17, 15) is 0 Å². The number of aromatic amines is 1. The normalized spacial score (nSPS) is 20.9. The van der Waals surface area contributed by atoms with Crippen LogP contribution in [0.1, 0.15) is 6.42 Å². The lowest BCUT2D eigenvalue weighted by Gasteiger charge is -2.15. The van der Waals surface area contributed by atoms with Crippen molar-refractivity contribution in [2.24, 2.45) is 0 Å². The van der Waals surface area contributed by atoms with Gasteiger partial charge in [-0.25, -0.2) is 4.98 Å². The maximum absolute atomic E-state index is 6.60. The number of hydrogen-bond acceptors (Lipinski definition) is 9. The number of halogens is 1. The van der Waals surface area contributed by atoms with Gasteiger partial charge in [0.05, 0.1) is 28.9 Å². The molecule has 0 spiro atoms. The predicted octanol–water partition coefficient (Wildman–Crippen LogP) is 4.51. The summed E-state index contributed by atoms with van der Waals surface area (Å²) in [5.74, 6) is 0.384. The van der Waals surface area contributed by atoms with Crippen molar-refractivity contribution in [1.29, 1.82) is 0 Å². The fraction of sp³-hybridized carbons (Fsp3) is 0.231. The Kier molecular flexibility index (Phi) is 5.31. The highest BCUT2D eigenvalue weighted by Gasteiger charge is 2.43. The summed E-state index contributed by atoms with van der Waals surface area (Å²) >= 11 is 6.60. The van der Waals surface area contributed by atoms with Gasteiger partial charge in [-0.3, -0.25) is 0 Å². The van der Waals surface area contributed by atoms with Crippen molar-refractivity contribution in [2.75, 3.05) is 18.9 Å². The van der Waals surface area contributed by atoms with Gasteiger partial charge in [-0.15, -0.1) is 5.10 Å². The van der Waals surface area contributed by atoms with E-state index in [-0.39, 0.29) is 24.3 Å². The van der Waals surface area contributed by atoms with Crippen molar-refractivity contribution in [3.05, 3.63) is 59.6 Å². The summed E-state index contributed by atoms with van der Waals surface area (Å²) in [5, 5.41) is 8.13. The van der Waals surface area contributed by atoms with E-state index in [1.54, 1.807) is 0 Å². The molecule has 37 heavy (non-hydrogen) atoms. The largest absolute Gasteiger partial charge is 0.456 e. The molecule has 2 fully saturated rings. The summed E-state index contributed by atoms with van der Waals surface area (Å²) in [6.45, 7) is 1.17. The molecule has 3 N–H and O–H groups in total. The molecule has 0 bridgehead atoms. The molecule has 10 nitrogen and oxygen atoms in total. The number of pyridine rings is 1. The third-order valence-corrected chi connectivity index (χ3v) is 6.94. The predicted molar refractivity (Wildman–Crippen MR) is 136 cm³/mol. The third kappa shape index (κ3) is 4.08. The monoisotopic (exact) mass is 516 g/mol. The first kappa shape index (κ1) is 22.2. The Hall–Kier alpha value is -3.99. The molecule has 3 atom stereocenters. The molecule has 2 aliphatic heterocycles. The van der Waals surface area contributed by atoms with Crippen molar-refractivity contribution in [3.63, 3.8) is 0 Å². The van der Waals surface area contributed by atoms with Crippen LogP contribution >= 0.6 is 11.6 Å². The zero-order valence-corrected chi connectivity index (χ0v) is 20.2. The number of nitrogens with one attached hydrogen (secondary N) is 1. The smallest absolute Gasteiger partial charge is 0.313 e. The van der Waals surface area contributed by atoms with Crippen LogP contribution in [0.5, 0.6) is 6.01 Å². The Balaban J connectivity index is 1.11. The van der Waals surface area contributed by atoms with E-state index in [1.165, 1.54) is 0 Å². The number of fused-ring (bicyclic) bond motifs is 2. The molecule has 0 saturated carbocycles. The first-order chi connectivity index (χ1) is 18.1. The van der Waals surface area contributed by atoms with Crippen LogP contribution in [0.15, 0.2) is 59.0 Å². The van der Waals surface area contributed by atoms with Crippen LogP contribution in [-0.2, 0) is 9.47 Å². The molecular formula is C26H21ClN6O4. The number of H-pyrrole nitrogens is 1. The summed E-state index contributed by atoms with van der Waals surface area (Å²) in [4.78, 5) is 12.4. The molecule has 2 saturated heterocycles. The van der Waals surface area contributed by atoms with Gasteiger partial charge in [0, 0.05) is 17.7 Å². The van der Waals surface area contributed by atoms with E-state index >= 15 is 0 Å². The fourth-order valence-corrected chi connectivity index (χ4v) is 5.07. The van der Waals surface area contributed by atoms with E-state index in [4.69, 9.17) is 40.9 Å². The SMILES string of the molecule is Nc1nnc(-c2ccc(-c3ccc(-c4nc5nc(OC6COC7CCOC76)[nH]c5cc4Cl)cc3)cc2)o1. The number of benzene rings is 2. The molecule has 7 rings (SSSR count). The number of nitrogens with two attached hydrogens (primary N) is 1. The molecule has 0 amide bonds. The van der Waals surface area contributed by atoms with Crippen molar-refractivity contribution < 1.29 is 18.6 Å². The quantitative estimate of drug-likeness (QED) is 0.346. The van der Waals surface area contributed by atoms with Crippen LogP contribution < -0.4 is 10.5 Å². The van der Waals surface area contributed by atoms with E-state index in [1.807, 2.05) is 54.6 Å². The zero-order valence-electron chi connectivity index (χ0n) is 19.4. The Morgan fingerprint density at radius 1 is 0.919 bits per heavy atom. The lowest BCUT2D eigenvalue weighted by atomic mass is 10.0. The van der Waals surface area contributed by atoms with Gasteiger partial charge in [0.2, 0.25) is 5.89 Å². The van der Waals surface area contributed by atoms with Crippen LogP contribution in [0.4, 0.5) is 6.01 Å². The first-order valence-corrected chi connectivity index (χ1v) is 12.2. The molecule has 5 heterocycles. The van der Waals surface area contributed by atoms with Crippen LogP contribution in [-0.4, -0.2) is 56.7 Å². The number of anilines is 1.